The van der Waals surface area contributed by atoms with Gasteiger partial charge < -0.3 is 9.47 Å². The first-order valence-corrected chi connectivity index (χ1v) is 7.11. The normalized spacial score (nSPS) is 36.0. The number of nitriles is 1. The Bertz CT molecular complexity index is 484. The summed E-state index contributed by atoms with van der Waals surface area (Å²) in [6.07, 6.45) is 4.32. The van der Waals surface area contributed by atoms with Crippen LogP contribution in [0.15, 0.2) is 0 Å². The van der Waals surface area contributed by atoms with Crippen LogP contribution in [-0.2, 0) is 14.3 Å². The quantitative estimate of drug-likeness (QED) is 0.573. The number of carbonyl (C=O) groups is 1. The van der Waals surface area contributed by atoms with Crippen molar-refractivity contribution >= 4 is 5.97 Å². The van der Waals surface area contributed by atoms with Crippen LogP contribution in [0.5, 0.6) is 0 Å². The molecular weight excluding hydrogens is 254 g/mol. The second kappa shape index (κ2) is 5.85. The number of rotatable bonds is 2. The Kier molecular flexibility index (Phi) is 4.35. The van der Waals surface area contributed by atoms with Gasteiger partial charge in [0, 0.05) is 17.9 Å². The summed E-state index contributed by atoms with van der Waals surface area (Å²) < 4.78 is 10.8. The van der Waals surface area contributed by atoms with Crippen LogP contribution in [0.25, 0.3) is 0 Å². The van der Waals surface area contributed by atoms with Gasteiger partial charge in [0.1, 0.15) is 0 Å². The van der Waals surface area contributed by atoms with Crippen molar-refractivity contribution in [1.29, 1.82) is 5.26 Å². The lowest BCUT2D eigenvalue weighted by Gasteiger charge is -2.43. The minimum Gasteiger partial charge on any atom is -0.469 e. The topological polar surface area (TPSA) is 59.3 Å². The monoisotopic (exact) mass is 275 g/mol. The van der Waals surface area contributed by atoms with E-state index < -0.39 is 0 Å². The van der Waals surface area contributed by atoms with Crippen molar-refractivity contribution in [2.75, 3.05) is 13.7 Å². The van der Waals surface area contributed by atoms with Crippen molar-refractivity contribution in [3.05, 3.63) is 0 Å². The molecule has 108 valence electrons. The molecule has 1 aliphatic carbocycles. The smallest absolute Gasteiger partial charge is 0.307 e. The highest BCUT2D eigenvalue weighted by Crippen LogP contribution is 2.50. The highest BCUT2D eigenvalue weighted by Gasteiger charge is 2.50. The molecule has 1 heterocycles. The Labute approximate surface area is 120 Å². The second-order valence-electron chi connectivity index (χ2n) is 5.94. The van der Waals surface area contributed by atoms with Gasteiger partial charge in [-0.25, -0.2) is 0 Å². The number of hydrogen-bond acceptors (Lipinski definition) is 4. The third-order valence-corrected chi connectivity index (χ3v) is 4.50. The molecule has 4 heteroatoms. The molecule has 0 aromatic rings. The number of hydrogen-bond donors (Lipinski definition) is 0. The van der Waals surface area contributed by atoms with Crippen molar-refractivity contribution < 1.29 is 14.3 Å². The van der Waals surface area contributed by atoms with Crippen molar-refractivity contribution in [2.24, 2.45) is 11.3 Å². The van der Waals surface area contributed by atoms with Gasteiger partial charge in [0.25, 0.3) is 0 Å². The van der Waals surface area contributed by atoms with Crippen LogP contribution < -0.4 is 0 Å². The second-order valence-corrected chi connectivity index (χ2v) is 5.94. The lowest BCUT2D eigenvalue weighted by atomic mass is 9.70. The number of ether oxygens (including phenoxy) is 2. The predicted octanol–water partition coefficient (Wildman–Crippen LogP) is 2.43. The molecule has 20 heavy (non-hydrogen) atoms. The molecule has 4 nitrogen and oxygen atoms in total. The first-order chi connectivity index (χ1) is 9.57. The Morgan fingerprint density at radius 3 is 2.90 bits per heavy atom. The maximum Gasteiger partial charge on any atom is 0.307 e. The molecule has 3 atom stereocenters. The van der Waals surface area contributed by atoms with Gasteiger partial charge in [0.05, 0.1) is 25.2 Å². The van der Waals surface area contributed by atoms with Gasteiger partial charge in [-0.15, -0.1) is 5.92 Å². The molecule has 2 rings (SSSR count). The van der Waals surface area contributed by atoms with Crippen LogP contribution in [-0.4, -0.2) is 25.3 Å². The fourth-order valence-corrected chi connectivity index (χ4v) is 3.63. The lowest BCUT2D eigenvalue weighted by molar-refractivity contribution is -0.149. The summed E-state index contributed by atoms with van der Waals surface area (Å²) in [5.74, 6) is 6.04. The summed E-state index contributed by atoms with van der Waals surface area (Å²) in [6, 6.07) is 2.34. The number of methoxy groups -OCH3 is 1. The third kappa shape index (κ3) is 2.97. The molecule has 2 aliphatic rings. The zero-order valence-corrected chi connectivity index (χ0v) is 12.2. The molecule has 0 radical (unpaired) electrons. The molecule has 1 saturated heterocycles. The summed E-state index contributed by atoms with van der Waals surface area (Å²) in [5.41, 5.74) is -0.624. The molecule has 1 saturated carbocycles. The van der Waals surface area contributed by atoms with E-state index in [2.05, 4.69) is 17.9 Å². The fraction of sp³-hybridized carbons (Fsp3) is 0.750. The molecule has 2 fully saturated rings. The fourth-order valence-electron chi connectivity index (χ4n) is 3.63. The highest BCUT2D eigenvalue weighted by molar-refractivity contribution is 5.70. The van der Waals surface area contributed by atoms with Crippen LogP contribution in [0.3, 0.4) is 0 Å². The van der Waals surface area contributed by atoms with E-state index in [1.54, 1.807) is 6.92 Å². The maximum absolute atomic E-state index is 11.7. The SMILES string of the molecule is CC#CC1(CC(=O)OC)CCOC2(CCC(C#N)C2)C1. The molecule has 0 aromatic carbocycles. The van der Waals surface area contributed by atoms with E-state index in [0.717, 1.165) is 32.1 Å². The van der Waals surface area contributed by atoms with E-state index in [9.17, 15) is 4.79 Å². The molecule has 0 N–H and O–H groups in total. The largest absolute Gasteiger partial charge is 0.469 e. The molecule has 1 spiro atoms. The zero-order chi connectivity index (χ0) is 14.6. The Balaban J connectivity index is 2.19. The van der Waals surface area contributed by atoms with Crippen molar-refractivity contribution in [3.8, 4) is 17.9 Å². The van der Waals surface area contributed by atoms with Gasteiger partial charge in [-0.1, -0.05) is 5.92 Å². The zero-order valence-electron chi connectivity index (χ0n) is 12.2. The summed E-state index contributed by atoms with van der Waals surface area (Å²) in [5, 5.41) is 9.09. The Hall–Kier alpha value is -1.52. The molecule has 0 bridgehead atoms. The molecule has 1 aliphatic heterocycles. The van der Waals surface area contributed by atoms with E-state index in [1.165, 1.54) is 7.11 Å². The van der Waals surface area contributed by atoms with Gasteiger partial charge in [-0.2, -0.15) is 5.26 Å². The Morgan fingerprint density at radius 2 is 2.30 bits per heavy atom. The maximum atomic E-state index is 11.7. The molecular formula is C16H21NO3. The molecule has 0 aromatic heterocycles. The lowest BCUT2D eigenvalue weighted by Crippen LogP contribution is -2.44. The highest BCUT2D eigenvalue weighted by atomic mass is 16.5. The average molecular weight is 275 g/mol. The van der Waals surface area contributed by atoms with Crippen LogP contribution in [0.2, 0.25) is 0 Å². The van der Waals surface area contributed by atoms with Crippen LogP contribution in [0.1, 0.15) is 45.4 Å². The number of carbonyl (C=O) groups excluding carboxylic acids is 1. The summed E-state index contributed by atoms with van der Waals surface area (Å²) in [6.45, 7) is 2.40. The summed E-state index contributed by atoms with van der Waals surface area (Å²) in [4.78, 5) is 11.7. The summed E-state index contributed by atoms with van der Waals surface area (Å²) >= 11 is 0. The van der Waals surface area contributed by atoms with Crippen LogP contribution in [0.4, 0.5) is 0 Å². The number of nitrogens with zero attached hydrogens (tertiary/aromatic N) is 1. The third-order valence-electron chi connectivity index (χ3n) is 4.50. The van der Waals surface area contributed by atoms with Gasteiger partial charge >= 0.3 is 5.97 Å². The standard InChI is InChI=1S/C16H21NO3/c1-3-5-15(10-14(18)19-2)7-8-20-16(12-15)6-4-13(9-16)11-17/h13H,4,6-10,12H2,1-2H3. The molecule has 0 amide bonds. The minimum absolute atomic E-state index is 0.0681. The predicted molar refractivity (Wildman–Crippen MR) is 73.4 cm³/mol. The van der Waals surface area contributed by atoms with E-state index >= 15 is 0 Å². The van der Waals surface area contributed by atoms with Crippen LogP contribution >= 0.6 is 0 Å². The van der Waals surface area contributed by atoms with E-state index in [1.807, 2.05) is 0 Å². The molecule has 3 unspecified atom stereocenters. The van der Waals surface area contributed by atoms with Crippen molar-refractivity contribution in [2.45, 2.75) is 51.0 Å². The van der Waals surface area contributed by atoms with Gasteiger partial charge in [0.2, 0.25) is 0 Å². The average Bonchev–Trinajstić information content (AvgIpc) is 2.81. The Morgan fingerprint density at radius 1 is 1.50 bits per heavy atom. The summed E-state index contributed by atoms with van der Waals surface area (Å²) in [7, 11) is 1.41. The minimum atomic E-state index is -0.357. The first kappa shape index (κ1) is 14.9. The van der Waals surface area contributed by atoms with E-state index in [0.29, 0.717) is 13.0 Å². The van der Waals surface area contributed by atoms with Gasteiger partial charge in [0.15, 0.2) is 0 Å². The first-order valence-electron chi connectivity index (χ1n) is 7.11. The van der Waals surface area contributed by atoms with Gasteiger partial charge in [-0.05, 0) is 39.0 Å². The van der Waals surface area contributed by atoms with Crippen molar-refractivity contribution in [1.82, 2.24) is 0 Å². The van der Waals surface area contributed by atoms with Crippen LogP contribution in [0, 0.1) is 34.5 Å². The van der Waals surface area contributed by atoms with E-state index in [4.69, 9.17) is 14.7 Å². The van der Waals surface area contributed by atoms with E-state index in [-0.39, 0.29) is 22.9 Å². The van der Waals surface area contributed by atoms with Crippen molar-refractivity contribution in [3.63, 3.8) is 0 Å². The number of esters is 1. The van der Waals surface area contributed by atoms with Gasteiger partial charge in [-0.3, -0.25) is 4.79 Å².